The number of piperazine rings is 1. The number of hydrogen-bond donors (Lipinski definition) is 0. The number of benzene rings is 2. The van der Waals surface area contributed by atoms with E-state index in [1.165, 1.54) is 10.4 Å². The molecule has 0 radical (unpaired) electrons. The third-order valence-corrected chi connectivity index (χ3v) is 8.41. The van der Waals surface area contributed by atoms with E-state index in [-0.39, 0.29) is 37.6 Å². The molecule has 2 aromatic rings. The molecule has 2 atom stereocenters. The highest BCUT2D eigenvalue weighted by Gasteiger charge is 2.41. The van der Waals surface area contributed by atoms with Gasteiger partial charge in [0.2, 0.25) is 10.0 Å². The van der Waals surface area contributed by atoms with Crippen molar-refractivity contribution < 1.29 is 30.8 Å². The van der Waals surface area contributed by atoms with Gasteiger partial charge in [0.1, 0.15) is 5.82 Å². The maximum Gasteiger partial charge on any atom is 0.419 e. The lowest BCUT2D eigenvalue weighted by Crippen LogP contribution is -2.53. The van der Waals surface area contributed by atoms with Crippen molar-refractivity contribution in [1.82, 2.24) is 19.0 Å². The van der Waals surface area contributed by atoms with Crippen LogP contribution in [0.5, 0.6) is 0 Å². The van der Waals surface area contributed by atoms with Gasteiger partial charge in [-0.2, -0.15) is 17.5 Å². The summed E-state index contributed by atoms with van der Waals surface area (Å²) in [5.74, 6) is -1.37. The summed E-state index contributed by atoms with van der Waals surface area (Å²) in [6, 6.07) is 12.3. The molecule has 0 unspecified atom stereocenters. The first-order valence-electron chi connectivity index (χ1n) is 11.9. The van der Waals surface area contributed by atoms with E-state index in [4.69, 9.17) is 0 Å². The quantitative estimate of drug-likeness (QED) is 0.544. The third kappa shape index (κ3) is 6.24. The van der Waals surface area contributed by atoms with E-state index in [9.17, 15) is 30.8 Å². The number of carbonyl (C=O) groups excluding carboxylic acids is 1. The Labute approximate surface area is 214 Å². The number of amides is 2. The van der Waals surface area contributed by atoms with Gasteiger partial charge >= 0.3 is 12.2 Å². The number of likely N-dealkylation sites (N-methyl/N-ethyl adjacent to an activating group) is 1. The molecule has 2 heterocycles. The highest BCUT2D eigenvalue weighted by atomic mass is 32.2. The zero-order valence-electron chi connectivity index (χ0n) is 20.7. The average molecular weight is 543 g/mol. The molecule has 2 aliphatic heterocycles. The van der Waals surface area contributed by atoms with Gasteiger partial charge in [0.15, 0.2) is 0 Å². The number of likely N-dealkylation sites (tertiary alicyclic amines) is 1. The van der Waals surface area contributed by atoms with Gasteiger partial charge in [0.05, 0.1) is 11.8 Å². The summed E-state index contributed by atoms with van der Waals surface area (Å²) in [4.78, 5) is 18.7. The number of sulfonamides is 1. The Hall–Kier alpha value is -2.70. The van der Waals surface area contributed by atoms with Crippen LogP contribution in [-0.2, 0) is 22.7 Å². The van der Waals surface area contributed by atoms with Crippen molar-refractivity contribution in [1.29, 1.82) is 0 Å². The van der Waals surface area contributed by atoms with E-state index in [0.717, 1.165) is 24.0 Å². The van der Waals surface area contributed by atoms with Crippen LogP contribution >= 0.6 is 0 Å². The van der Waals surface area contributed by atoms with Crippen molar-refractivity contribution in [3.05, 3.63) is 71.0 Å². The molecule has 2 fully saturated rings. The predicted octanol–water partition coefficient (Wildman–Crippen LogP) is 3.44. The molecule has 7 nitrogen and oxygen atoms in total. The molecule has 2 saturated heterocycles. The topological polar surface area (TPSA) is 64.2 Å². The zero-order chi connectivity index (χ0) is 27.0. The Kier molecular flexibility index (Phi) is 7.82. The number of nitrogens with zero attached hydrogens (tertiary/aromatic N) is 4. The van der Waals surface area contributed by atoms with Gasteiger partial charge in [-0.05, 0) is 30.3 Å². The highest BCUT2D eigenvalue weighted by molar-refractivity contribution is 7.88. The highest BCUT2D eigenvalue weighted by Crippen LogP contribution is 2.34. The number of carbonyl (C=O) groups is 1. The third-order valence-electron chi connectivity index (χ3n) is 7.10. The Morgan fingerprint density at radius 1 is 1.00 bits per heavy atom. The van der Waals surface area contributed by atoms with Crippen molar-refractivity contribution in [2.75, 3.05) is 52.6 Å². The molecule has 37 heavy (non-hydrogen) atoms. The normalized spacial score (nSPS) is 21.6. The minimum Gasteiger partial charge on any atom is -0.322 e. The predicted molar refractivity (Wildman–Crippen MR) is 131 cm³/mol. The molecule has 0 spiro atoms. The van der Waals surface area contributed by atoms with Crippen molar-refractivity contribution in [2.24, 2.45) is 0 Å². The molecule has 2 amide bonds. The minimum absolute atomic E-state index is 0.0632. The largest absolute Gasteiger partial charge is 0.419 e. The van der Waals surface area contributed by atoms with Crippen LogP contribution in [0.25, 0.3) is 0 Å². The molecule has 0 aliphatic carbocycles. The van der Waals surface area contributed by atoms with Crippen molar-refractivity contribution in [2.45, 2.75) is 24.7 Å². The summed E-state index contributed by atoms with van der Waals surface area (Å²) >= 11 is 0. The first-order valence-corrected chi connectivity index (χ1v) is 13.8. The number of hydrogen-bond acceptors (Lipinski definition) is 4. The lowest BCUT2D eigenvalue weighted by molar-refractivity contribution is -0.140. The molecule has 2 aliphatic rings. The van der Waals surface area contributed by atoms with Gasteiger partial charge < -0.3 is 9.80 Å². The van der Waals surface area contributed by atoms with Crippen LogP contribution in [0.1, 0.15) is 22.6 Å². The summed E-state index contributed by atoms with van der Waals surface area (Å²) in [7, 11) is -1.50. The van der Waals surface area contributed by atoms with E-state index in [1.807, 2.05) is 42.3 Å². The molecule has 202 valence electrons. The van der Waals surface area contributed by atoms with E-state index in [1.54, 1.807) is 9.80 Å². The smallest absolute Gasteiger partial charge is 0.322 e. The lowest BCUT2D eigenvalue weighted by atomic mass is 9.93. The molecule has 4 rings (SSSR count). The molecule has 0 bridgehead atoms. The molecular weight excluding hydrogens is 512 g/mol. The van der Waals surface area contributed by atoms with Crippen LogP contribution in [0.4, 0.5) is 22.4 Å². The number of alkyl halides is 3. The maximum atomic E-state index is 14.2. The molecule has 0 N–H and O–H groups in total. The van der Waals surface area contributed by atoms with E-state index < -0.39 is 27.6 Å². The second-order valence-electron chi connectivity index (χ2n) is 9.65. The van der Waals surface area contributed by atoms with Crippen LogP contribution in [0.15, 0.2) is 48.5 Å². The minimum atomic E-state index is -4.76. The van der Waals surface area contributed by atoms with Crippen LogP contribution in [-0.4, -0.2) is 92.1 Å². The van der Waals surface area contributed by atoms with E-state index >= 15 is 0 Å². The molecule has 2 aromatic carbocycles. The van der Waals surface area contributed by atoms with Gasteiger partial charge in [-0.1, -0.05) is 36.4 Å². The van der Waals surface area contributed by atoms with Crippen LogP contribution < -0.4 is 0 Å². The summed E-state index contributed by atoms with van der Waals surface area (Å²) in [6.45, 7) is 2.09. The molecular formula is C25H30F4N4O3S. The van der Waals surface area contributed by atoms with Crippen LogP contribution in [0.2, 0.25) is 0 Å². The average Bonchev–Trinajstić information content (AvgIpc) is 3.29. The lowest BCUT2D eigenvalue weighted by Gasteiger charge is -2.35. The monoisotopic (exact) mass is 542 g/mol. The molecule has 12 heteroatoms. The second kappa shape index (κ2) is 10.6. The number of urea groups is 1. The molecule has 0 aromatic heterocycles. The number of halogens is 4. The van der Waals surface area contributed by atoms with Gasteiger partial charge in [-0.3, -0.25) is 4.90 Å². The van der Waals surface area contributed by atoms with E-state index in [2.05, 4.69) is 0 Å². The fraction of sp³-hybridized carbons (Fsp3) is 0.480. The summed E-state index contributed by atoms with van der Waals surface area (Å²) in [6.07, 6.45) is -3.61. The summed E-state index contributed by atoms with van der Waals surface area (Å²) in [5, 5.41) is 0. The van der Waals surface area contributed by atoms with Gasteiger partial charge in [0.25, 0.3) is 0 Å². The van der Waals surface area contributed by atoms with E-state index in [0.29, 0.717) is 31.7 Å². The Balaban J connectivity index is 1.50. The summed E-state index contributed by atoms with van der Waals surface area (Å²) in [5.41, 5.74) is 0.131. The van der Waals surface area contributed by atoms with Crippen molar-refractivity contribution in [3.63, 3.8) is 0 Å². The molecule has 0 saturated carbocycles. The number of rotatable bonds is 5. The van der Waals surface area contributed by atoms with Crippen LogP contribution in [0.3, 0.4) is 0 Å². The zero-order valence-corrected chi connectivity index (χ0v) is 21.5. The summed E-state index contributed by atoms with van der Waals surface area (Å²) < 4.78 is 78.0. The maximum absolute atomic E-state index is 14.2. The van der Waals surface area contributed by atoms with Crippen molar-refractivity contribution >= 4 is 16.1 Å². The van der Waals surface area contributed by atoms with Gasteiger partial charge in [0, 0.05) is 57.8 Å². The standard InChI is InChI=1S/C25H30F4N4O3S/c1-30(15-18-8-9-21(22(26)14-18)25(27,28)29)23-17-32(16-20(23)19-6-4-3-5-7-19)24(34)31-10-12-33(13-11-31)37(2,35)36/h3-9,14,20,23H,10-13,15-17H2,1-2H3/t20-,23+/m1/s1. The van der Waals surface area contributed by atoms with Crippen LogP contribution in [0, 0.1) is 5.82 Å². The Bertz CT molecular complexity index is 1220. The SMILES string of the molecule is CN(Cc1ccc(C(F)(F)F)c(F)c1)[C@H]1CN(C(=O)N2CCN(S(C)(=O)=O)CC2)C[C@@H]1c1ccccc1. The first-order chi connectivity index (χ1) is 17.3. The van der Waals surface area contributed by atoms with Gasteiger partial charge in [-0.15, -0.1) is 0 Å². The Morgan fingerprint density at radius 3 is 2.22 bits per heavy atom. The second-order valence-corrected chi connectivity index (χ2v) is 11.6. The first kappa shape index (κ1) is 27.3. The Morgan fingerprint density at radius 2 is 1.65 bits per heavy atom. The fourth-order valence-electron chi connectivity index (χ4n) is 5.12. The fourth-order valence-corrected chi connectivity index (χ4v) is 5.95. The van der Waals surface area contributed by atoms with Gasteiger partial charge in [-0.25, -0.2) is 17.6 Å². The van der Waals surface area contributed by atoms with Crippen molar-refractivity contribution in [3.8, 4) is 0 Å².